The quantitative estimate of drug-likeness (QED) is 0.883. The first kappa shape index (κ1) is 14.2. The van der Waals surface area contributed by atoms with Gasteiger partial charge in [-0.15, -0.1) is 0 Å². The maximum atomic E-state index is 12.2. The van der Waals surface area contributed by atoms with E-state index in [1.165, 1.54) is 22.9 Å². The molecule has 0 fully saturated rings. The lowest BCUT2D eigenvalue weighted by Gasteiger charge is -2.26. The Kier molecular flexibility index (Phi) is 4.29. The topological polar surface area (TPSA) is 46.9 Å². The zero-order valence-corrected chi connectivity index (χ0v) is 12.9. The van der Waals surface area contributed by atoms with E-state index in [2.05, 4.69) is 28.5 Å². The van der Waals surface area contributed by atoms with Crippen LogP contribution in [-0.4, -0.2) is 21.2 Å². The van der Waals surface area contributed by atoms with Crippen LogP contribution in [0.25, 0.3) is 0 Å². The van der Waals surface area contributed by atoms with Crippen LogP contribution in [0.5, 0.6) is 0 Å². The number of thioether (sulfide) groups is 1. The Balaban J connectivity index is 1.60. The normalized spacial score (nSPS) is 17.3. The Morgan fingerprint density at radius 1 is 1.48 bits per heavy atom. The zero-order valence-electron chi connectivity index (χ0n) is 12.1. The van der Waals surface area contributed by atoms with Crippen LogP contribution in [0.2, 0.25) is 0 Å². The molecule has 1 aromatic carbocycles. The maximum absolute atomic E-state index is 12.2. The molecule has 5 heteroatoms. The fourth-order valence-electron chi connectivity index (χ4n) is 2.76. The summed E-state index contributed by atoms with van der Waals surface area (Å²) in [6.07, 6.45) is 6.91. The van der Waals surface area contributed by atoms with Crippen molar-refractivity contribution in [2.45, 2.75) is 30.5 Å². The number of nitrogens with one attached hydrogen (secondary N) is 1. The Hall–Kier alpha value is -1.75. The van der Waals surface area contributed by atoms with E-state index < -0.39 is 0 Å². The van der Waals surface area contributed by atoms with Crippen molar-refractivity contribution in [2.75, 3.05) is 5.75 Å². The first-order valence-electron chi connectivity index (χ1n) is 7.21. The number of carbonyl (C=O) groups is 1. The van der Waals surface area contributed by atoms with Gasteiger partial charge in [0.2, 0.25) is 5.91 Å². The lowest BCUT2D eigenvalue weighted by molar-refractivity contribution is -0.119. The Labute approximate surface area is 129 Å². The molecule has 1 aromatic heterocycles. The highest BCUT2D eigenvalue weighted by atomic mass is 32.2. The second-order valence-electron chi connectivity index (χ2n) is 5.32. The van der Waals surface area contributed by atoms with Crippen molar-refractivity contribution in [1.29, 1.82) is 0 Å². The summed E-state index contributed by atoms with van der Waals surface area (Å²) >= 11 is 1.47. The van der Waals surface area contributed by atoms with Crippen molar-refractivity contribution >= 4 is 17.7 Å². The van der Waals surface area contributed by atoms with Gasteiger partial charge in [-0.2, -0.15) is 0 Å². The Bertz CT molecular complexity index is 638. The molecule has 110 valence electrons. The molecule has 0 unspecified atom stereocenters. The number of aromatic nitrogens is 2. The van der Waals surface area contributed by atoms with Gasteiger partial charge in [-0.05, 0) is 30.4 Å². The molecule has 1 amide bonds. The molecule has 0 radical (unpaired) electrons. The van der Waals surface area contributed by atoms with Gasteiger partial charge in [0.05, 0.1) is 11.8 Å². The van der Waals surface area contributed by atoms with Crippen molar-refractivity contribution < 1.29 is 4.79 Å². The van der Waals surface area contributed by atoms with Crippen LogP contribution in [0, 0.1) is 0 Å². The van der Waals surface area contributed by atoms with Crippen molar-refractivity contribution in [3.8, 4) is 0 Å². The predicted octanol–water partition coefficient (Wildman–Crippen LogP) is 2.71. The second kappa shape index (κ2) is 6.35. The Morgan fingerprint density at radius 3 is 3.14 bits per heavy atom. The summed E-state index contributed by atoms with van der Waals surface area (Å²) in [5.74, 6) is 0.480. The number of nitrogens with zero attached hydrogens (tertiary/aromatic N) is 2. The van der Waals surface area contributed by atoms with Gasteiger partial charge in [-0.25, -0.2) is 4.98 Å². The SMILES string of the molecule is Cn1ccnc1SCC(=O)N[C@@H]1CCCc2ccccc21. The van der Waals surface area contributed by atoms with Crippen molar-refractivity contribution in [3.63, 3.8) is 0 Å². The lowest BCUT2D eigenvalue weighted by Crippen LogP contribution is -2.32. The predicted molar refractivity (Wildman–Crippen MR) is 84.2 cm³/mol. The number of aryl methyl sites for hydroxylation is 2. The summed E-state index contributed by atoms with van der Waals surface area (Å²) in [6.45, 7) is 0. The largest absolute Gasteiger partial charge is 0.349 e. The molecule has 1 N–H and O–H groups in total. The van der Waals surface area contributed by atoms with Gasteiger partial charge in [-0.1, -0.05) is 36.0 Å². The first-order valence-corrected chi connectivity index (χ1v) is 8.20. The molecule has 0 spiro atoms. The standard InChI is InChI=1S/C16H19N3OS/c1-19-10-9-17-16(19)21-11-15(20)18-14-8-4-6-12-5-2-3-7-13(12)14/h2-3,5,7,9-10,14H,4,6,8,11H2,1H3,(H,18,20)/t14-/m1/s1. The van der Waals surface area contributed by atoms with Gasteiger partial charge in [0.25, 0.3) is 0 Å². The van der Waals surface area contributed by atoms with E-state index in [1.807, 2.05) is 23.9 Å². The third kappa shape index (κ3) is 3.29. The minimum Gasteiger partial charge on any atom is -0.349 e. The number of amides is 1. The fraction of sp³-hybridized carbons (Fsp3) is 0.375. The maximum Gasteiger partial charge on any atom is 0.230 e. The number of carbonyl (C=O) groups excluding carboxylic acids is 1. The van der Waals surface area contributed by atoms with Gasteiger partial charge in [0.15, 0.2) is 5.16 Å². The van der Waals surface area contributed by atoms with Crippen LogP contribution < -0.4 is 5.32 Å². The molecular formula is C16H19N3OS. The van der Waals surface area contributed by atoms with Crippen LogP contribution >= 0.6 is 11.8 Å². The number of hydrogen-bond acceptors (Lipinski definition) is 3. The number of benzene rings is 1. The van der Waals surface area contributed by atoms with Gasteiger partial charge in [-0.3, -0.25) is 4.79 Å². The van der Waals surface area contributed by atoms with Crippen LogP contribution in [0.3, 0.4) is 0 Å². The summed E-state index contributed by atoms with van der Waals surface area (Å²) in [4.78, 5) is 16.4. The zero-order chi connectivity index (χ0) is 14.7. The summed E-state index contributed by atoms with van der Waals surface area (Å²) in [7, 11) is 1.94. The Morgan fingerprint density at radius 2 is 2.33 bits per heavy atom. The van der Waals surface area contributed by atoms with Gasteiger partial charge in [0.1, 0.15) is 0 Å². The second-order valence-corrected chi connectivity index (χ2v) is 6.26. The van der Waals surface area contributed by atoms with E-state index in [0.717, 1.165) is 24.4 Å². The minimum atomic E-state index is 0.0738. The van der Waals surface area contributed by atoms with Crippen molar-refractivity contribution in [2.24, 2.45) is 7.05 Å². The summed E-state index contributed by atoms with van der Waals surface area (Å²) < 4.78 is 1.92. The number of hydrogen-bond donors (Lipinski definition) is 1. The third-order valence-electron chi connectivity index (χ3n) is 3.81. The average Bonchev–Trinajstić information content (AvgIpc) is 2.91. The van der Waals surface area contributed by atoms with Crippen LogP contribution in [0.1, 0.15) is 30.0 Å². The molecular weight excluding hydrogens is 282 g/mol. The highest BCUT2D eigenvalue weighted by molar-refractivity contribution is 7.99. The minimum absolute atomic E-state index is 0.0738. The molecule has 0 bridgehead atoms. The molecule has 21 heavy (non-hydrogen) atoms. The van der Waals surface area contributed by atoms with Crippen LogP contribution in [0.4, 0.5) is 0 Å². The summed E-state index contributed by atoms with van der Waals surface area (Å²) in [5.41, 5.74) is 2.64. The molecule has 2 aromatic rings. The van der Waals surface area contributed by atoms with E-state index >= 15 is 0 Å². The smallest absolute Gasteiger partial charge is 0.230 e. The molecule has 4 nitrogen and oxygen atoms in total. The molecule has 0 saturated heterocycles. The number of imidazole rings is 1. The molecule has 3 rings (SSSR count). The van der Waals surface area contributed by atoms with E-state index in [0.29, 0.717) is 5.75 Å². The molecule has 1 atom stereocenters. The highest BCUT2D eigenvalue weighted by Crippen LogP contribution is 2.29. The number of rotatable bonds is 4. The number of fused-ring (bicyclic) bond motifs is 1. The lowest BCUT2D eigenvalue weighted by atomic mass is 9.88. The van der Waals surface area contributed by atoms with Gasteiger partial charge >= 0.3 is 0 Å². The average molecular weight is 301 g/mol. The monoisotopic (exact) mass is 301 g/mol. The van der Waals surface area contributed by atoms with E-state index in [-0.39, 0.29) is 11.9 Å². The summed E-state index contributed by atoms with van der Waals surface area (Å²) in [5, 5.41) is 4.03. The van der Waals surface area contributed by atoms with Crippen LogP contribution in [-0.2, 0) is 18.3 Å². The first-order chi connectivity index (χ1) is 10.2. The van der Waals surface area contributed by atoms with Gasteiger partial charge < -0.3 is 9.88 Å². The van der Waals surface area contributed by atoms with Crippen molar-refractivity contribution in [1.82, 2.24) is 14.9 Å². The molecule has 1 aliphatic rings. The molecule has 0 saturated carbocycles. The van der Waals surface area contributed by atoms with Gasteiger partial charge in [0, 0.05) is 19.4 Å². The fourth-order valence-corrected chi connectivity index (χ4v) is 3.50. The van der Waals surface area contributed by atoms with E-state index in [4.69, 9.17) is 0 Å². The molecule has 1 aliphatic carbocycles. The van der Waals surface area contributed by atoms with Crippen molar-refractivity contribution in [3.05, 3.63) is 47.8 Å². The molecule has 0 aliphatic heterocycles. The third-order valence-corrected chi connectivity index (χ3v) is 4.87. The van der Waals surface area contributed by atoms with E-state index in [9.17, 15) is 4.79 Å². The summed E-state index contributed by atoms with van der Waals surface area (Å²) in [6, 6.07) is 8.57. The van der Waals surface area contributed by atoms with Crippen LogP contribution in [0.15, 0.2) is 41.8 Å². The van der Waals surface area contributed by atoms with E-state index in [1.54, 1.807) is 6.20 Å². The molecule has 1 heterocycles. The highest BCUT2D eigenvalue weighted by Gasteiger charge is 2.21.